The summed E-state index contributed by atoms with van der Waals surface area (Å²) >= 11 is 0. The van der Waals surface area contributed by atoms with Crippen LogP contribution in [0.25, 0.3) is 10.9 Å². The Morgan fingerprint density at radius 1 is 1.41 bits per heavy atom. The summed E-state index contributed by atoms with van der Waals surface area (Å²) in [6.07, 6.45) is 2.88. The molecule has 1 aliphatic carbocycles. The fourth-order valence-corrected chi connectivity index (χ4v) is 2.54. The van der Waals surface area contributed by atoms with E-state index in [1.807, 2.05) is 12.3 Å². The van der Waals surface area contributed by atoms with Crippen molar-refractivity contribution in [1.29, 1.82) is 0 Å². The van der Waals surface area contributed by atoms with Crippen LogP contribution in [0.5, 0.6) is 0 Å². The predicted octanol–water partition coefficient (Wildman–Crippen LogP) is 3.71. The molecule has 0 radical (unpaired) electrons. The molecule has 0 saturated heterocycles. The van der Waals surface area contributed by atoms with Crippen LogP contribution < -0.4 is 0 Å². The molecule has 1 aromatic carbocycles. The number of aromatic nitrogens is 1. The maximum absolute atomic E-state index is 12.4. The van der Waals surface area contributed by atoms with Crippen molar-refractivity contribution in [3.05, 3.63) is 35.5 Å². The number of nitrogens with one attached hydrogen (secondary N) is 1. The zero-order chi connectivity index (χ0) is 12.2. The predicted molar refractivity (Wildman–Crippen MR) is 69.3 cm³/mol. The number of aryl methyl sites for hydroxylation is 1. The van der Waals surface area contributed by atoms with E-state index < -0.39 is 0 Å². The third-order valence-electron chi connectivity index (χ3n) is 3.93. The van der Waals surface area contributed by atoms with Gasteiger partial charge in [0.1, 0.15) is 0 Å². The average molecular weight is 227 g/mol. The summed E-state index contributed by atoms with van der Waals surface area (Å²) < 4.78 is 0. The van der Waals surface area contributed by atoms with E-state index in [9.17, 15) is 4.79 Å². The van der Waals surface area contributed by atoms with Gasteiger partial charge < -0.3 is 4.98 Å². The Morgan fingerprint density at radius 2 is 2.12 bits per heavy atom. The van der Waals surface area contributed by atoms with Gasteiger partial charge in [0.25, 0.3) is 0 Å². The van der Waals surface area contributed by atoms with Crippen molar-refractivity contribution in [3.63, 3.8) is 0 Å². The molecule has 88 valence electrons. The summed E-state index contributed by atoms with van der Waals surface area (Å²) in [4.78, 5) is 15.6. The zero-order valence-electron chi connectivity index (χ0n) is 10.5. The molecule has 0 amide bonds. The molecular weight excluding hydrogens is 210 g/mol. The Morgan fingerprint density at radius 3 is 2.76 bits per heavy atom. The van der Waals surface area contributed by atoms with Crippen molar-refractivity contribution in [3.8, 4) is 0 Å². The summed E-state index contributed by atoms with van der Waals surface area (Å²) in [6.45, 7) is 6.38. The number of Topliss-reactive ketones (excluding diaryl/α,β-unsaturated/α-hetero) is 1. The topological polar surface area (TPSA) is 32.9 Å². The van der Waals surface area contributed by atoms with Gasteiger partial charge in [-0.05, 0) is 30.9 Å². The number of carbonyl (C=O) groups is 1. The molecule has 1 fully saturated rings. The number of ketones is 1. The molecule has 2 heteroatoms. The Labute approximate surface area is 101 Å². The molecule has 2 nitrogen and oxygen atoms in total. The van der Waals surface area contributed by atoms with Crippen LogP contribution in [0.2, 0.25) is 0 Å². The van der Waals surface area contributed by atoms with Crippen LogP contribution in [0.1, 0.15) is 36.2 Å². The summed E-state index contributed by atoms with van der Waals surface area (Å²) in [6, 6.07) is 6.20. The van der Waals surface area contributed by atoms with Crippen LogP contribution in [0.4, 0.5) is 0 Å². The van der Waals surface area contributed by atoms with Crippen LogP contribution >= 0.6 is 0 Å². The van der Waals surface area contributed by atoms with Crippen LogP contribution in [0, 0.1) is 18.3 Å². The number of rotatable bonds is 2. The lowest BCUT2D eigenvalue weighted by Crippen LogP contribution is -2.05. The van der Waals surface area contributed by atoms with E-state index in [1.54, 1.807) is 0 Å². The van der Waals surface area contributed by atoms with Gasteiger partial charge in [0.2, 0.25) is 0 Å². The first-order chi connectivity index (χ1) is 7.99. The second kappa shape index (κ2) is 3.22. The number of hydrogen-bond donors (Lipinski definition) is 1. The van der Waals surface area contributed by atoms with E-state index in [0.29, 0.717) is 5.78 Å². The van der Waals surface area contributed by atoms with Crippen LogP contribution in [-0.4, -0.2) is 10.8 Å². The highest BCUT2D eigenvalue weighted by Gasteiger charge is 2.50. The van der Waals surface area contributed by atoms with Gasteiger partial charge in [0, 0.05) is 28.6 Å². The molecule has 17 heavy (non-hydrogen) atoms. The first-order valence-electron chi connectivity index (χ1n) is 6.11. The highest BCUT2D eigenvalue weighted by molar-refractivity contribution is 6.10. The van der Waals surface area contributed by atoms with Gasteiger partial charge in [-0.3, -0.25) is 4.79 Å². The van der Waals surface area contributed by atoms with Gasteiger partial charge in [-0.1, -0.05) is 25.5 Å². The van der Waals surface area contributed by atoms with Crippen molar-refractivity contribution in [2.75, 3.05) is 0 Å². The minimum atomic E-state index is 0.199. The molecule has 1 aliphatic rings. The van der Waals surface area contributed by atoms with E-state index in [4.69, 9.17) is 0 Å². The van der Waals surface area contributed by atoms with E-state index in [0.717, 1.165) is 22.9 Å². The van der Waals surface area contributed by atoms with Gasteiger partial charge in [0.15, 0.2) is 5.78 Å². The number of aromatic amines is 1. The quantitative estimate of drug-likeness (QED) is 0.779. The van der Waals surface area contributed by atoms with Crippen molar-refractivity contribution in [2.45, 2.75) is 27.2 Å². The molecule has 1 unspecified atom stereocenters. The Kier molecular flexibility index (Phi) is 2.00. The molecular formula is C15H17NO. The zero-order valence-corrected chi connectivity index (χ0v) is 10.5. The van der Waals surface area contributed by atoms with Crippen molar-refractivity contribution in [1.82, 2.24) is 4.98 Å². The van der Waals surface area contributed by atoms with Gasteiger partial charge in [-0.2, -0.15) is 0 Å². The number of benzene rings is 1. The fourth-order valence-electron chi connectivity index (χ4n) is 2.54. The Bertz CT molecular complexity index is 606. The molecule has 1 heterocycles. The minimum Gasteiger partial charge on any atom is -0.360 e. The molecule has 0 bridgehead atoms. The standard InChI is InChI=1S/C15H17NO/c1-9-4-5-13-10(6-9)11(8-16-13)14(17)12-7-15(12,2)3/h4-6,8,12,16H,7H2,1-3H3. The third-order valence-corrected chi connectivity index (χ3v) is 3.93. The molecule has 1 aromatic heterocycles. The smallest absolute Gasteiger partial charge is 0.168 e. The Balaban J connectivity index is 2.06. The third kappa shape index (κ3) is 1.59. The fraction of sp³-hybridized carbons (Fsp3) is 0.400. The summed E-state index contributed by atoms with van der Waals surface area (Å²) in [5.74, 6) is 0.508. The molecule has 2 aromatic rings. The molecule has 1 atom stereocenters. The van der Waals surface area contributed by atoms with E-state index >= 15 is 0 Å². The first kappa shape index (κ1) is 10.6. The van der Waals surface area contributed by atoms with Crippen molar-refractivity contribution >= 4 is 16.7 Å². The lowest BCUT2D eigenvalue weighted by Gasteiger charge is -2.02. The summed E-state index contributed by atoms with van der Waals surface area (Å²) in [5.41, 5.74) is 3.31. The number of carbonyl (C=O) groups excluding carboxylic acids is 1. The Hall–Kier alpha value is -1.57. The normalized spacial score (nSPS) is 21.7. The molecule has 1 N–H and O–H groups in total. The van der Waals surface area contributed by atoms with Crippen molar-refractivity contribution < 1.29 is 4.79 Å². The second-order valence-electron chi connectivity index (χ2n) is 5.86. The van der Waals surface area contributed by atoms with Gasteiger partial charge >= 0.3 is 0 Å². The van der Waals surface area contributed by atoms with Gasteiger partial charge in [0.05, 0.1) is 0 Å². The summed E-state index contributed by atoms with van der Waals surface area (Å²) in [5, 5.41) is 1.07. The van der Waals surface area contributed by atoms with E-state index in [-0.39, 0.29) is 11.3 Å². The SMILES string of the molecule is Cc1ccc2[nH]cc(C(=O)C3CC3(C)C)c2c1. The number of fused-ring (bicyclic) bond motifs is 1. The summed E-state index contributed by atoms with van der Waals surface area (Å²) in [7, 11) is 0. The number of hydrogen-bond acceptors (Lipinski definition) is 1. The van der Waals surface area contributed by atoms with Crippen LogP contribution in [0.15, 0.2) is 24.4 Å². The monoisotopic (exact) mass is 227 g/mol. The molecule has 3 rings (SSSR count). The number of H-pyrrole nitrogens is 1. The maximum atomic E-state index is 12.4. The van der Waals surface area contributed by atoms with Crippen LogP contribution in [-0.2, 0) is 0 Å². The lowest BCUT2D eigenvalue weighted by molar-refractivity contribution is 0.0955. The lowest BCUT2D eigenvalue weighted by atomic mass is 10.0. The van der Waals surface area contributed by atoms with Crippen molar-refractivity contribution in [2.24, 2.45) is 11.3 Å². The largest absolute Gasteiger partial charge is 0.360 e. The minimum absolute atomic E-state index is 0.199. The highest BCUT2D eigenvalue weighted by atomic mass is 16.1. The molecule has 0 spiro atoms. The van der Waals surface area contributed by atoms with Gasteiger partial charge in [-0.25, -0.2) is 0 Å². The maximum Gasteiger partial charge on any atom is 0.168 e. The first-order valence-corrected chi connectivity index (χ1v) is 6.11. The van der Waals surface area contributed by atoms with Crippen LogP contribution in [0.3, 0.4) is 0 Å². The van der Waals surface area contributed by atoms with Gasteiger partial charge in [-0.15, -0.1) is 0 Å². The van der Waals surface area contributed by atoms with E-state index in [1.165, 1.54) is 5.56 Å². The average Bonchev–Trinajstić information content (AvgIpc) is 2.72. The molecule has 0 aliphatic heterocycles. The molecule has 1 saturated carbocycles. The highest BCUT2D eigenvalue weighted by Crippen LogP contribution is 2.53. The second-order valence-corrected chi connectivity index (χ2v) is 5.86. The van der Waals surface area contributed by atoms with E-state index in [2.05, 4.69) is 37.9 Å².